The first kappa shape index (κ1) is 14.4. The van der Waals surface area contributed by atoms with Crippen molar-refractivity contribution in [3.05, 3.63) is 34.9 Å². The summed E-state index contributed by atoms with van der Waals surface area (Å²) in [5, 5.41) is 3.27. The monoisotopic (exact) mass is 324 g/mol. The summed E-state index contributed by atoms with van der Waals surface area (Å²) in [4.78, 5) is 37.6. The molecule has 1 spiro atoms. The minimum atomic E-state index is -0.804. The smallest absolute Gasteiger partial charge is 0.322 e. The first-order valence-electron chi connectivity index (χ1n) is 6.52. The van der Waals surface area contributed by atoms with Gasteiger partial charge in [-0.3, -0.25) is 14.5 Å². The number of nitrogens with zero attached hydrogens (tertiary/aromatic N) is 1. The molecule has 1 N–H and O–H groups in total. The molecule has 0 aliphatic carbocycles. The second kappa shape index (κ2) is 5.35. The molecule has 0 aromatic heterocycles. The minimum absolute atomic E-state index is 0.237. The van der Waals surface area contributed by atoms with Crippen molar-refractivity contribution in [2.75, 3.05) is 18.1 Å². The normalized spacial score (nSPS) is 24.7. The first-order chi connectivity index (χ1) is 10.0. The van der Waals surface area contributed by atoms with Crippen molar-refractivity contribution in [2.45, 2.75) is 12.0 Å². The molecule has 2 fully saturated rings. The van der Waals surface area contributed by atoms with Crippen molar-refractivity contribution in [1.29, 1.82) is 0 Å². The van der Waals surface area contributed by atoms with Crippen LogP contribution < -0.4 is 5.32 Å². The van der Waals surface area contributed by atoms with Gasteiger partial charge in [-0.2, -0.15) is 11.8 Å². The number of ketones is 1. The molecule has 2 aliphatic heterocycles. The van der Waals surface area contributed by atoms with E-state index >= 15 is 0 Å². The van der Waals surface area contributed by atoms with E-state index in [4.69, 9.17) is 11.6 Å². The van der Waals surface area contributed by atoms with Crippen LogP contribution in [0.4, 0.5) is 4.79 Å². The molecule has 7 heteroatoms. The highest BCUT2D eigenvalue weighted by atomic mass is 35.5. The number of carbonyl (C=O) groups excluding carboxylic acids is 3. The van der Waals surface area contributed by atoms with Crippen LogP contribution in [0.3, 0.4) is 0 Å². The van der Waals surface area contributed by atoms with E-state index < -0.39 is 11.6 Å². The molecule has 0 bridgehead atoms. The number of carbonyl (C=O) groups is 3. The molecule has 1 aromatic rings. The highest BCUT2D eigenvalue weighted by Crippen LogP contribution is 2.33. The molecule has 5 nitrogen and oxygen atoms in total. The second-order valence-electron chi connectivity index (χ2n) is 5.14. The minimum Gasteiger partial charge on any atom is -0.322 e. The third kappa shape index (κ3) is 2.53. The van der Waals surface area contributed by atoms with Crippen LogP contribution in [-0.4, -0.2) is 46.2 Å². The summed E-state index contributed by atoms with van der Waals surface area (Å²) in [6.45, 7) is -0.237. The van der Waals surface area contributed by atoms with Crippen LogP contribution in [0.15, 0.2) is 24.3 Å². The lowest BCUT2D eigenvalue weighted by molar-refractivity contribution is -0.130. The average Bonchev–Trinajstić information content (AvgIpc) is 3.01. The highest BCUT2D eigenvalue weighted by molar-refractivity contribution is 7.99. The van der Waals surface area contributed by atoms with E-state index in [0.29, 0.717) is 22.8 Å². The number of halogens is 1. The van der Waals surface area contributed by atoms with Crippen LogP contribution in [0, 0.1) is 0 Å². The van der Waals surface area contributed by atoms with Gasteiger partial charge in [0.1, 0.15) is 5.54 Å². The standard InChI is InChI=1S/C14H13ClN2O3S/c15-10-3-1-9(2-4-10)11(18)7-17-12(19)14(16-13(17)20)5-6-21-8-14/h1-4H,5-8H2,(H,16,20). The zero-order chi connectivity index (χ0) is 15.0. The fraction of sp³-hybridized carbons (Fsp3) is 0.357. The molecule has 2 heterocycles. The molecule has 1 aromatic carbocycles. The molecule has 1 atom stereocenters. The number of urea groups is 1. The Morgan fingerprint density at radius 1 is 1.33 bits per heavy atom. The van der Waals surface area contributed by atoms with Gasteiger partial charge in [0.05, 0.1) is 6.54 Å². The van der Waals surface area contributed by atoms with E-state index in [0.717, 1.165) is 10.7 Å². The molecule has 3 amide bonds. The zero-order valence-corrected chi connectivity index (χ0v) is 12.7. The summed E-state index contributed by atoms with van der Waals surface area (Å²) in [5.41, 5.74) is -0.371. The lowest BCUT2D eigenvalue weighted by Crippen LogP contribution is -2.47. The Labute approximate surface area is 131 Å². The number of amides is 3. The Balaban J connectivity index is 1.75. The molecule has 3 rings (SSSR count). The maximum absolute atomic E-state index is 12.4. The van der Waals surface area contributed by atoms with Crippen LogP contribution in [0.5, 0.6) is 0 Å². The van der Waals surface area contributed by atoms with E-state index in [9.17, 15) is 14.4 Å². The SMILES string of the molecule is O=C(CN1C(=O)NC2(CCSC2)C1=O)c1ccc(Cl)cc1. The Bertz CT molecular complexity index is 611. The van der Waals surface area contributed by atoms with Crippen molar-refractivity contribution in [3.63, 3.8) is 0 Å². The maximum Gasteiger partial charge on any atom is 0.325 e. The largest absolute Gasteiger partial charge is 0.325 e. The second-order valence-corrected chi connectivity index (χ2v) is 6.68. The number of thioether (sulfide) groups is 1. The third-order valence-corrected chi connectivity index (χ3v) is 5.18. The molecule has 1 unspecified atom stereocenters. The summed E-state index contributed by atoms with van der Waals surface area (Å²) in [6, 6.07) is 5.91. The molecule has 0 radical (unpaired) electrons. The summed E-state index contributed by atoms with van der Waals surface area (Å²) >= 11 is 7.41. The van der Waals surface area contributed by atoms with Crippen LogP contribution in [0.25, 0.3) is 0 Å². The van der Waals surface area contributed by atoms with E-state index in [1.54, 1.807) is 36.0 Å². The van der Waals surface area contributed by atoms with Crippen molar-refractivity contribution >= 4 is 41.1 Å². The van der Waals surface area contributed by atoms with Gasteiger partial charge >= 0.3 is 6.03 Å². The average molecular weight is 325 g/mol. The van der Waals surface area contributed by atoms with Gasteiger partial charge in [0.2, 0.25) is 0 Å². The molecular formula is C14H13ClN2O3S. The predicted octanol–water partition coefficient (Wildman–Crippen LogP) is 1.95. The summed E-state index contributed by atoms with van der Waals surface area (Å²) in [5.74, 6) is 0.839. The number of Topliss-reactive ketones (excluding diaryl/α,β-unsaturated/α-hetero) is 1. The van der Waals surface area contributed by atoms with Crippen molar-refractivity contribution in [1.82, 2.24) is 10.2 Å². The summed E-state index contributed by atoms with van der Waals surface area (Å²) in [7, 11) is 0. The van der Waals surface area contributed by atoms with E-state index in [-0.39, 0.29) is 18.2 Å². The fourth-order valence-corrected chi connectivity index (χ4v) is 3.97. The molecule has 2 aliphatic rings. The van der Waals surface area contributed by atoms with Gasteiger partial charge < -0.3 is 5.32 Å². The van der Waals surface area contributed by atoms with Gasteiger partial charge in [-0.05, 0) is 36.4 Å². The Hall–Kier alpha value is -1.53. The molecule has 2 saturated heterocycles. The van der Waals surface area contributed by atoms with Crippen LogP contribution in [0.2, 0.25) is 5.02 Å². The lowest BCUT2D eigenvalue weighted by atomic mass is 9.99. The van der Waals surface area contributed by atoms with Crippen LogP contribution in [0.1, 0.15) is 16.8 Å². The van der Waals surface area contributed by atoms with Gasteiger partial charge in [-0.25, -0.2) is 4.79 Å². The van der Waals surface area contributed by atoms with E-state index in [2.05, 4.69) is 5.32 Å². The molecule has 110 valence electrons. The van der Waals surface area contributed by atoms with Gasteiger partial charge in [-0.1, -0.05) is 11.6 Å². The molecule has 21 heavy (non-hydrogen) atoms. The molecule has 0 saturated carbocycles. The number of hydrogen-bond acceptors (Lipinski definition) is 4. The number of hydrogen-bond donors (Lipinski definition) is 1. The lowest BCUT2D eigenvalue weighted by Gasteiger charge is -2.18. The predicted molar refractivity (Wildman–Crippen MR) is 80.7 cm³/mol. The maximum atomic E-state index is 12.4. The van der Waals surface area contributed by atoms with Gasteiger partial charge in [0.25, 0.3) is 5.91 Å². The summed E-state index contributed by atoms with van der Waals surface area (Å²) < 4.78 is 0. The van der Waals surface area contributed by atoms with Gasteiger partial charge in [0.15, 0.2) is 5.78 Å². The van der Waals surface area contributed by atoms with Crippen molar-refractivity contribution in [3.8, 4) is 0 Å². The number of imide groups is 1. The number of rotatable bonds is 3. The highest BCUT2D eigenvalue weighted by Gasteiger charge is 2.53. The Morgan fingerprint density at radius 2 is 2.05 bits per heavy atom. The Kier molecular flexibility index (Phi) is 3.67. The van der Waals surface area contributed by atoms with Gasteiger partial charge in [0, 0.05) is 16.3 Å². The zero-order valence-electron chi connectivity index (χ0n) is 11.1. The number of nitrogens with one attached hydrogen (secondary N) is 1. The quantitative estimate of drug-likeness (QED) is 0.681. The molecular weight excluding hydrogens is 312 g/mol. The topological polar surface area (TPSA) is 66.5 Å². The van der Waals surface area contributed by atoms with Crippen molar-refractivity contribution < 1.29 is 14.4 Å². The van der Waals surface area contributed by atoms with E-state index in [1.165, 1.54) is 0 Å². The van der Waals surface area contributed by atoms with Crippen LogP contribution >= 0.6 is 23.4 Å². The first-order valence-corrected chi connectivity index (χ1v) is 8.06. The Morgan fingerprint density at radius 3 is 2.67 bits per heavy atom. The number of benzene rings is 1. The fourth-order valence-electron chi connectivity index (χ4n) is 2.52. The van der Waals surface area contributed by atoms with Crippen LogP contribution in [-0.2, 0) is 4.79 Å². The van der Waals surface area contributed by atoms with E-state index in [1.807, 2.05) is 0 Å². The summed E-state index contributed by atoms with van der Waals surface area (Å²) in [6.07, 6.45) is 0.619. The van der Waals surface area contributed by atoms with Crippen molar-refractivity contribution in [2.24, 2.45) is 0 Å². The van der Waals surface area contributed by atoms with Gasteiger partial charge in [-0.15, -0.1) is 0 Å². The third-order valence-electron chi connectivity index (χ3n) is 3.74.